The number of fused-ring (bicyclic) bond motifs is 1. The number of urea groups is 1. The Hall–Kier alpha value is -3.14. The second kappa shape index (κ2) is 8.91. The Labute approximate surface area is 168 Å². The monoisotopic (exact) mass is 403 g/mol. The molecule has 0 aliphatic heterocycles. The van der Waals surface area contributed by atoms with Gasteiger partial charge in [0.05, 0.1) is 23.3 Å². The molecule has 0 atom stereocenters. The van der Waals surface area contributed by atoms with Crippen LogP contribution in [0, 0.1) is 5.82 Å². The van der Waals surface area contributed by atoms with Crippen LogP contribution in [-0.2, 0) is 0 Å². The summed E-state index contributed by atoms with van der Waals surface area (Å²) in [5.74, 6) is 0.102. The van der Waals surface area contributed by atoms with Gasteiger partial charge in [0.2, 0.25) is 0 Å². The molecule has 0 saturated heterocycles. The van der Waals surface area contributed by atoms with Gasteiger partial charge in [-0.3, -0.25) is 5.10 Å². The molecule has 0 spiro atoms. The molecule has 2 amide bonds. The zero-order chi connectivity index (χ0) is 21.0. The zero-order valence-corrected chi connectivity index (χ0v) is 17.0. The minimum Gasteiger partial charge on any atom is -0.490 e. The van der Waals surface area contributed by atoms with E-state index in [1.807, 2.05) is 32.8 Å². The molecule has 4 N–H and O–H groups in total. The van der Waals surface area contributed by atoms with Crippen molar-refractivity contribution in [1.82, 2.24) is 30.4 Å². The Morgan fingerprint density at radius 2 is 2.14 bits per heavy atom. The molecule has 3 aromatic rings. The van der Waals surface area contributed by atoms with Gasteiger partial charge in [0.25, 0.3) is 0 Å². The molecule has 29 heavy (non-hydrogen) atoms. The Bertz CT molecular complexity index is 980. The summed E-state index contributed by atoms with van der Waals surface area (Å²) in [4.78, 5) is 21.5. The molecule has 3 rings (SSSR count). The number of hydrogen-bond acceptors (Lipinski definition) is 5. The minimum absolute atomic E-state index is 0.00401. The highest BCUT2D eigenvalue weighted by Crippen LogP contribution is 2.28. The van der Waals surface area contributed by atoms with Crippen LogP contribution in [0.5, 0.6) is 5.75 Å². The molecule has 0 fully saturated rings. The molecule has 0 bridgehead atoms. The Morgan fingerprint density at radius 3 is 2.86 bits per heavy atom. The van der Waals surface area contributed by atoms with Gasteiger partial charge in [-0.05, 0) is 34.4 Å². The maximum atomic E-state index is 14.4. The average Bonchev–Trinajstić information content (AvgIpc) is 3.23. The molecule has 0 aliphatic carbocycles. The number of hydrogen-bond donors (Lipinski definition) is 4. The first-order valence-electron chi connectivity index (χ1n) is 9.42. The largest absolute Gasteiger partial charge is 0.490 e. The highest BCUT2D eigenvalue weighted by Gasteiger charge is 2.17. The van der Waals surface area contributed by atoms with E-state index in [1.54, 1.807) is 12.3 Å². The number of nitrogens with one attached hydrogen (secondary N) is 4. The molecule has 0 unspecified atom stereocenters. The van der Waals surface area contributed by atoms with E-state index in [9.17, 15) is 9.18 Å². The number of aromatic amines is 2. The maximum absolute atomic E-state index is 14.4. The van der Waals surface area contributed by atoms with Crippen LogP contribution in [-0.4, -0.2) is 64.4 Å². The number of carbonyl (C=O) groups excluding carboxylic acids is 1. The lowest BCUT2D eigenvalue weighted by Crippen LogP contribution is -2.34. The normalized spacial score (nSPS) is 11.4. The molecule has 156 valence electrons. The van der Waals surface area contributed by atoms with E-state index in [-0.39, 0.29) is 17.8 Å². The van der Waals surface area contributed by atoms with Gasteiger partial charge in [0.15, 0.2) is 23.1 Å². The summed E-state index contributed by atoms with van der Waals surface area (Å²) in [6, 6.07) is 2.55. The fourth-order valence-electron chi connectivity index (χ4n) is 2.78. The fourth-order valence-corrected chi connectivity index (χ4v) is 2.78. The third kappa shape index (κ3) is 5.23. The maximum Gasteiger partial charge on any atom is 0.319 e. The highest BCUT2D eigenvalue weighted by molar-refractivity contribution is 5.93. The van der Waals surface area contributed by atoms with Crippen molar-refractivity contribution in [2.75, 3.05) is 32.6 Å². The highest BCUT2D eigenvalue weighted by atomic mass is 19.1. The molecule has 0 saturated carbocycles. The van der Waals surface area contributed by atoms with Gasteiger partial charge in [-0.15, -0.1) is 0 Å². The first-order valence-corrected chi connectivity index (χ1v) is 9.42. The first kappa shape index (κ1) is 20.6. The van der Waals surface area contributed by atoms with Gasteiger partial charge < -0.3 is 25.3 Å². The molecular weight excluding hydrogens is 377 g/mol. The van der Waals surface area contributed by atoms with Gasteiger partial charge >= 0.3 is 6.03 Å². The molecular formula is C19H26FN7O2. The third-order valence-electron chi connectivity index (χ3n) is 4.08. The summed E-state index contributed by atoms with van der Waals surface area (Å²) < 4.78 is 19.9. The zero-order valence-electron chi connectivity index (χ0n) is 17.0. The molecule has 1 aromatic carbocycles. The quantitative estimate of drug-likeness (QED) is 0.432. The molecule has 0 aliphatic rings. The van der Waals surface area contributed by atoms with Gasteiger partial charge in [-0.2, -0.15) is 5.10 Å². The number of nitrogens with zero attached hydrogens (tertiary/aromatic N) is 3. The summed E-state index contributed by atoms with van der Waals surface area (Å²) in [7, 11) is 3.95. The Morgan fingerprint density at radius 1 is 1.34 bits per heavy atom. The summed E-state index contributed by atoms with van der Waals surface area (Å²) >= 11 is 0. The number of H-pyrrole nitrogens is 2. The number of benzene rings is 1. The number of halogens is 1. The van der Waals surface area contributed by atoms with Gasteiger partial charge in [-0.1, -0.05) is 0 Å². The number of imidazole rings is 1. The van der Waals surface area contributed by atoms with Crippen molar-refractivity contribution < 1.29 is 13.9 Å². The van der Waals surface area contributed by atoms with Gasteiger partial charge in [0, 0.05) is 30.9 Å². The lowest BCUT2D eigenvalue weighted by Gasteiger charge is -2.10. The van der Waals surface area contributed by atoms with Crippen molar-refractivity contribution in [2.24, 2.45) is 0 Å². The predicted octanol–water partition coefficient (Wildman–Crippen LogP) is 2.95. The molecule has 10 heteroatoms. The number of anilines is 1. The van der Waals surface area contributed by atoms with Crippen molar-refractivity contribution in [1.29, 1.82) is 0 Å². The van der Waals surface area contributed by atoms with Crippen LogP contribution in [0.1, 0.15) is 20.3 Å². The van der Waals surface area contributed by atoms with E-state index in [1.165, 1.54) is 6.07 Å². The van der Waals surface area contributed by atoms with E-state index in [0.717, 1.165) is 13.0 Å². The van der Waals surface area contributed by atoms with Crippen LogP contribution >= 0.6 is 0 Å². The second-order valence-electron chi connectivity index (χ2n) is 7.29. The lowest BCUT2D eigenvalue weighted by molar-refractivity contribution is 0.250. The van der Waals surface area contributed by atoms with Crippen molar-refractivity contribution in [3.63, 3.8) is 0 Å². The standard InChI is InChI=1S/C19H26FN7O2/c1-11(2)22-19(28)25-15-10-21-26-17(15)18-23-13-8-12(20)16(9-14(13)24-18)29-7-5-6-27(3)4/h8-11H,5-7H2,1-4H3,(H,21,26)(H,23,24)(H2,22,25,28). The molecule has 0 radical (unpaired) electrons. The summed E-state index contributed by atoms with van der Waals surface area (Å²) in [6.07, 6.45) is 2.35. The first-order chi connectivity index (χ1) is 13.8. The SMILES string of the molecule is CC(C)NC(=O)Nc1c[nH]nc1-c1nc2cc(F)c(OCCCN(C)C)cc2[nH]1. The van der Waals surface area contributed by atoms with Crippen molar-refractivity contribution in [3.05, 3.63) is 24.1 Å². The number of aromatic nitrogens is 4. The Kier molecular flexibility index (Phi) is 6.32. The van der Waals surface area contributed by atoms with Gasteiger partial charge in [0.1, 0.15) is 0 Å². The van der Waals surface area contributed by atoms with E-state index < -0.39 is 5.82 Å². The van der Waals surface area contributed by atoms with E-state index in [0.29, 0.717) is 34.8 Å². The molecule has 2 heterocycles. The van der Waals surface area contributed by atoms with Crippen LogP contribution < -0.4 is 15.4 Å². The molecule has 9 nitrogen and oxygen atoms in total. The number of amides is 2. The smallest absolute Gasteiger partial charge is 0.319 e. The van der Waals surface area contributed by atoms with E-state index in [2.05, 4.69) is 30.8 Å². The van der Waals surface area contributed by atoms with Crippen LogP contribution in [0.2, 0.25) is 0 Å². The van der Waals surface area contributed by atoms with Crippen molar-refractivity contribution in [3.8, 4) is 17.3 Å². The lowest BCUT2D eigenvalue weighted by atomic mass is 10.3. The van der Waals surface area contributed by atoms with E-state index >= 15 is 0 Å². The van der Waals surface area contributed by atoms with Crippen molar-refractivity contribution >= 4 is 22.8 Å². The predicted molar refractivity (Wildman–Crippen MR) is 110 cm³/mol. The third-order valence-corrected chi connectivity index (χ3v) is 4.08. The Balaban J connectivity index is 1.78. The summed E-state index contributed by atoms with van der Waals surface area (Å²) in [5, 5.41) is 12.3. The van der Waals surface area contributed by atoms with Crippen LogP contribution in [0.4, 0.5) is 14.9 Å². The summed E-state index contributed by atoms with van der Waals surface area (Å²) in [5.41, 5.74) is 1.94. The second-order valence-corrected chi connectivity index (χ2v) is 7.29. The van der Waals surface area contributed by atoms with Crippen molar-refractivity contribution in [2.45, 2.75) is 26.3 Å². The fraction of sp³-hybridized carbons (Fsp3) is 0.421. The van der Waals surface area contributed by atoms with Crippen LogP contribution in [0.3, 0.4) is 0 Å². The number of rotatable bonds is 8. The number of ether oxygens (including phenoxy) is 1. The average molecular weight is 403 g/mol. The molecule has 2 aromatic heterocycles. The topological polar surface area (TPSA) is 111 Å². The van der Waals surface area contributed by atoms with Gasteiger partial charge in [-0.25, -0.2) is 14.2 Å². The minimum atomic E-state index is -0.475. The van der Waals surface area contributed by atoms with Crippen LogP contribution in [0.15, 0.2) is 18.3 Å². The van der Waals surface area contributed by atoms with Crippen LogP contribution in [0.25, 0.3) is 22.6 Å². The number of carbonyl (C=O) groups is 1. The summed E-state index contributed by atoms with van der Waals surface area (Å²) in [6.45, 7) is 5.00. The van der Waals surface area contributed by atoms with E-state index in [4.69, 9.17) is 4.74 Å².